The molecule has 3 heteroatoms. The van der Waals surface area contributed by atoms with Gasteiger partial charge in [-0.05, 0) is 57.7 Å². The highest BCUT2D eigenvalue weighted by Crippen LogP contribution is 2.14. The van der Waals surface area contributed by atoms with Crippen molar-refractivity contribution in [2.75, 3.05) is 0 Å². The molecule has 0 radical (unpaired) electrons. The molecule has 1 rings (SSSR count). The Bertz CT molecular complexity index is 683. The highest BCUT2D eigenvalue weighted by Gasteiger charge is 2.16. The lowest BCUT2D eigenvalue weighted by Crippen LogP contribution is -2.34. The van der Waals surface area contributed by atoms with Crippen LogP contribution in [0.2, 0.25) is 0 Å². The van der Waals surface area contributed by atoms with Gasteiger partial charge in [-0.15, -0.1) is 0 Å². The number of nitrogens with zero attached hydrogens (tertiary/aromatic N) is 1. The van der Waals surface area contributed by atoms with Crippen molar-refractivity contribution in [2.24, 2.45) is 0 Å². The number of hydrogen-bond donors (Lipinski definition) is 0. The molecule has 0 unspecified atom stereocenters. The Morgan fingerprint density at radius 3 is 2.44 bits per heavy atom. The van der Waals surface area contributed by atoms with Crippen molar-refractivity contribution in [3.8, 4) is 0 Å². The fraction of sp³-hybridized carbons (Fsp3) is 0.364. The van der Waals surface area contributed by atoms with Crippen LogP contribution in [0.3, 0.4) is 0 Å². The predicted octanol–water partition coefficient (Wildman–Crippen LogP) is 5.40. The molecule has 0 aromatic heterocycles. The molecule has 0 saturated heterocycles. The molecule has 1 amide bonds. The molecule has 0 saturated carbocycles. The van der Waals surface area contributed by atoms with Crippen molar-refractivity contribution in [1.82, 2.24) is 4.90 Å². The molecule has 0 atom stereocenters. The summed E-state index contributed by atoms with van der Waals surface area (Å²) in [6, 6.07) is 7.62. The van der Waals surface area contributed by atoms with Crippen molar-refractivity contribution >= 4 is 17.8 Å². The summed E-state index contributed by atoms with van der Waals surface area (Å²) in [6.07, 6.45) is 6.13. The summed E-state index contributed by atoms with van der Waals surface area (Å²) in [5.41, 5.74) is 2.95. The zero-order chi connectivity index (χ0) is 19.0. The molecule has 1 aromatic rings. The zero-order valence-corrected chi connectivity index (χ0v) is 15.8. The second kappa shape index (κ2) is 9.77. The van der Waals surface area contributed by atoms with E-state index in [0.29, 0.717) is 17.6 Å². The Morgan fingerprint density at radius 2 is 1.88 bits per heavy atom. The Morgan fingerprint density at radius 1 is 1.20 bits per heavy atom. The van der Waals surface area contributed by atoms with Gasteiger partial charge in [-0.3, -0.25) is 9.59 Å². The molecule has 1 aromatic carbocycles. The first-order valence-electron chi connectivity index (χ1n) is 8.68. The van der Waals surface area contributed by atoms with Crippen LogP contribution in [-0.2, 0) is 4.79 Å². The average Bonchev–Trinajstić information content (AvgIpc) is 2.53. The molecule has 3 nitrogen and oxygen atoms in total. The minimum absolute atomic E-state index is 0.0329. The first-order valence-corrected chi connectivity index (χ1v) is 8.68. The number of rotatable bonds is 9. The molecule has 0 aliphatic rings. The van der Waals surface area contributed by atoms with E-state index in [-0.39, 0.29) is 17.7 Å². The Hall–Kier alpha value is -2.42. The maximum Gasteiger partial charge on any atom is 0.226 e. The minimum Gasteiger partial charge on any atom is -0.315 e. The van der Waals surface area contributed by atoms with Gasteiger partial charge in [-0.1, -0.05) is 43.5 Å². The van der Waals surface area contributed by atoms with Gasteiger partial charge in [-0.2, -0.15) is 0 Å². The first kappa shape index (κ1) is 20.6. The number of unbranched alkanes of at least 4 members (excludes halogenated alkanes) is 1. The van der Waals surface area contributed by atoms with Crippen molar-refractivity contribution in [3.63, 3.8) is 0 Å². The van der Waals surface area contributed by atoms with Gasteiger partial charge in [0.1, 0.15) is 0 Å². The van der Waals surface area contributed by atoms with E-state index in [1.165, 1.54) is 0 Å². The van der Waals surface area contributed by atoms with Crippen LogP contribution in [0.4, 0.5) is 0 Å². The third-order valence-electron chi connectivity index (χ3n) is 3.80. The van der Waals surface area contributed by atoms with E-state index in [9.17, 15) is 9.59 Å². The van der Waals surface area contributed by atoms with E-state index in [2.05, 4.69) is 13.2 Å². The average molecular weight is 339 g/mol. The third kappa shape index (κ3) is 6.54. The molecule has 0 spiro atoms. The van der Waals surface area contributed by atoms with Crippen molar-refractivity contribution in [1.29, 1.82) is 0 Å². The second-order valence-corrected chi connectivity index (χ2v) is 6.62. The lowest BCUT2D eigenvalue weighted by atomic mass is 10.0. The number of amides is 1. The monoisotopic (exact) mass is 339 g/mol. The van der Waals surface area contributed by atoms with Crippen molar-refractivity contribution in [3.05, 3.63) is 65.9 Å². The van der Waals surface area contributed by atoms with Crippen LogP contribution < -0.4 is 0 Å². The molecule has 0 heterocycles. The molecule has 134 valence electrons. The lowest BCUT2D eigenvalue weighted by molar-refractivity contribution is -0.130. The maximum absolute atomic E-state index is 12.2. The number of benzene rings is 1. The van der Waals surface area contributed by atoms with E-state index in [0.717, 1.165) is 24.1 Å². The summed E-state index contributed by atoms with van der Waals surface area (Å²) in [7, 11) is 0. The van der Waals surface area contributed by atoms with Crippen LogP contribution >= 0.6 is 0 Å². The number of ketones is 1. The fourth-order valence-corrected chi connectivity index (χ4v) is 2.68. The van der Waals surface area contributed by atoms with Crippen molar-refractivity contribution < 1.29 is 9.59 Å². The second-order valence-electron chi connectivity index (χ2n) is 6.62. The Labute approximate surface area is 151 Å². The van der Waals surface area contributed by atoms with E-state index < -0.39 is 0 Å². The van der Waals surface area contributed by atoms with E-state index in [1.54, 1.807) is 17.9 Å². The summed E-state index contributed by atoms with van der Waals surface area (Å²) in [4.78, 5) is 25.9. The van der Waals surface area contributed by atoms with Crippen LogP contribution in [0.5, 0.6) is 0 Å². The Balaban J connectivity index is 2.55. The lowest BCUT2D eigenvalue weighted by Gasteiger charge is -2.26. The molecular formula is C22H29NO2. The van der Waals surface area contributed by atoms with Gasteiger partial charge in [0.25, 0.3) is 0 Å². The van der Waals surface area contributed by atoms with E-state index >= 15 is 0 Å². The highest BCUT2D eigenvalue weighted by atomic mass is 16.2. The predicted molar refractivity (Wildman–Crippen MR) is 105 cm³/mol. The summed E-state index contributed by atoms with van der Waals surface area (Å²) in [5, 5.41) is 0. The van der Waals surface area contributed by atoms with Gasteiger partial charge in [0.15, 0.2) is 5.78 Å². The standard InChI is InChI=1S/C22H29NO2/c1-16(2)22(25)20-13-10-12-19(15-20)11-8-7-9-14-21(24)23(17(3)4)18(5)6/h8,10-13,15,18H,1,3,7,9,14H2,2,4-6H3. The van der Waals surface area contributed by atoms with Gasteiger partial charge >= 0.3 is 0 Å². The largest absolute Gasteiger partial charge is 0.315 e. The van der Waals surface area contributed by atoms with Crippen LogP contribution in [0.25, 0.3) is 6.08 Å². The summed E-state index contributed by atoms with van der Waals surface area (Å²) < 4.78 is 0. The number of Topliss-reactive ketones (excluding diaryl/α,β-unsaturated/α-hetero) is 1. The highest BCUT2D eigenvalue weighted by molar-refractivity contribution is 6.08. The smallest absolute Gasteiger partial charge is 0.226 e. The molecular weight excluding hydrogens is 310 g/mol. The van der Waals surface area contributed by atoms with Gasteiger partial charge in [0.2, 0.25) is 5.91 Å². The number of carbonyl (C=O) groups is 2. The summed E-state index contributed by atoms with van der Waals surface area (Å²) >= 11 is 0. The summed E-state index contributed by atoms with van der Waals surface area (Å²) in [6.45, 7) is 15.1. The first-order chi connectivity index (χ1) is 11.7. The van der Waals surface area contributed by atoms with E-state index in [4.69, 9.17) is 0 Å². The zero-order valence-electron chi connectivity index (χ0n) is 15.8. The van der Waals surface area contributed by atoms with Crippen LogP contribution in [0, 0.1) is 0 Å². The Kier molecular flexibility index (Phi) is 8.06. The van der Waals surface area contributed by atoms with Crippen LogP contribution in [0.15, 0.2) is 54.8 Å². The molecule has 0 bridgehead atoms. The summed E-state index contributed by atoms with van der Waals surface area (Å²) in [5.74, 6) is 0.0828. The topological polar surface area (TPSA) is 37.4 Å². The molecule has 0 aliphatic carbocycles. The van der Waals surface area contributed by atoms with E-state index in [1.807, 2.05) is 51.1 Å². The molecule has 0 aliphatic heterocycles. The molecule has 25 heavy (non-hydrogen) atoms. The van der Waals surface area contributed by atoms with Crippen molar-refractivity contribution in [2.45, 2.75) is 53.0 Å². The SMILES string of the molecule is C=C(C)C(=O)c1cccc(C=CCCCC(=O)N(C(=C)C)C(C)C)c1. The number of hydrogen-bond acceptors (Lipinski definition) is 2. The van der Waals surface area contributed by atoms with Gasteiger partial charge in [0, 0.05) is 23.7 Å². The third-order valence-corrected chi connectivity index (χ3v) is 3.80. The minimum atomic E-state index is -0.0329. The maximum atomic E-state index is 12.2. The number of carbonyl (C=O) groups excluding carboxylic acids is 2. The van der Waals surface area contributed by atoms with Crippen LogP contribution in [-0.4, -0.2) is 22.6 Å². The quantitative estimate of drug-likeness (QED) is 0.343. The van der Waals surface area contributed by atoms with Gasteiger partial charge < -0.3 is 4.90 Å². The molecule has 0 fully saturated rings. The molecule has 0 N–H and O–H groups in total. The van der Waals surface area contributed by atoms with Crippen LogP contribution in [0.1, 0.15) is 62.9 Å². The fourth-order valence-electron chi connectivity index (χ4n) is 2.68. The normalized spacial score (nSPS) is 10.9. The van der Waals surface area contributed by atoms with Gasteiger partial charge in [0.05, 0.1) is 0 Å². The number of allylic oxidation sites excluding steroid dienone is 3. The van der Waals surface area contributed by atoms with Gasteiger partial charge in [-0.25, -0.2) is 0 Å².